The van der Waals surface area contributed by atoms with E-state index in [0.29, 0.717) is 26.4 Å². The van der Waals surface area contributed by atoms with E-state index in [4.69, 9.17) is 17.1 Å². The van der Waals surface area contributed by atoms with E-state index in [-0.39, 0.29) is 45.4 Å². The molecule has 0 heterocycles. The van der Waals surface area contributed by atoms with Crippen LogP contribution in [0.1, 0.15) is 5.56 Å². The van der Waals surface area contributed by atoms with Gasteiger partial charge < -0.3 is 17.1 Å². The Morgan fingerprint density at radius 1 is 0.842 bits per heavy atom. The van der Waals surface area contributed by atoms with Crippen LogP contribution in [-0.2, 0) is 17.1 Å². The largest absolute Gasteiger partial charge is 0.668 e. The van der Waals surface area contributed by atoms with Crippen LogP contribution in [-0.4, -0.2) is 86.1 Å². The number of hydrogen-bond acceptors (Lipinski definition) is 4. The van der Waals surface area contributed by atoms with Gasteiger partial charge in [0.25, 0.3) is 0 Å². The van der Waals surface area contributed by atoms with E-state index in [1.165, 1.54) is 5.56 Å². The molecule has 0 saturated carbocycles. The van der Waals surface area contributed by atoms with Gasteiger partial charge in [0.05, 0.1) is 13.2 Å². The number of aryl methyl sites for hydroxylation is 1. The SMILES string of the molecule is COCC[O][Al][O]CCOC.Cc1ccccc1.[Na]. The van der Waals surface area contributed by atoms with Crippen molar-refractivity contribution in [1.82, 2.24) is 0 Å². The molecule has 0 aliphatic carbocycles. The summed E-state index contributed by atoms with van der Waals surface area (Å²) in [6, 6.07) is 10.3. The molecule has 0 aromatic heterocycles. The van der Waals surface area contributed by atoms with Gasteiger partial charge in [0.15, 0.2) is 0 Å². The fraction of sp³-hybridized carbons (Fsp3) is 0.538. The monoisotopic (exact) mass is 292 g/mol. The Morgan fingerprint density at radius 3 is 1.63 bits per heavy atom. The van der Waals surface area contributed by atoms with Crippen molar-refractivity contribution >= 4 is 45.4 Å². The van der Waals surface area contributed by atoms with Crippen LogP contribution in [0.15, 0.2) is 30.3 Å². The molecule has 0 spiro atoms. The fourth-order valence-electron chi connectivity index (χ4n) is 0.942. The van der Waals surface area contributed by atoms with Crippen LogP contribution in [0.4, 0.5) is 0 Å². The van der Waals surface area contributed by atoms with E-state index in [0.717, 1.165) is 0 Å². The van der Waals surface area contributed by atoms with Crippen LogP contribution >= 0.6 is 0 Å². The van der Waals surface area contributed by atoms with Crippen molar-refractivity contribution in [2.45, 2.75) is 6.92 Å². The zero-order valence-electron chi connectivity index (χ0n) is 12.4. The zero-order valence-corrected chi connectivity index (χ0v) is 15.6. The van der Waals surface area contributed by atoms with Crippen molar-refractivity contribution in [2.75, 3.05) is 40.6 Å². The third-order valence-electron chi connectivity index (χ3n) is 1.89. The molecule has 0 saturated heterocycles. The molecule has 1 aromatic carbocycles. The molecule has 19 heavy (non-hydrogen) atoms. The van der Waals surface area contributed by atoms with Crippen molar-refractivity contribution in [3.05, 3.63) is 35.9 Å². The van der Waals surface area contributed by atoms with Gasteiger partial charge in [-0.15, -0.1) is 0 Å². The summed E-state index contributed by atoms with van der Waals surface area (Å²) in [6.45, 7) is 4.55. The van der Waals surface area contributed by atoms with Crippen molar-refractivity contribution < 1.29 is 17.1 Å². The maximum Gasteiger partial charge on any atom is 0.668 e. The average Bonchev–Trinajstić information content (AvgIpc) is 2.39. The average molecular weight is 292 g/mol. The minimum absolute atomic E-state index is 0. The van der Waals surface area contributed by atoms with Crippen LogP contribution in [0.5, 0.6) is 0 Å². The van der Waals surface area contributed by atoms with Crippen LogP contribution < -0.4 is 0 Å². The summed E-state index contributed by atoms with van der Waals surface area (Å²) in [6.07, 6.45) is 0. The molecule has 102 valence electrons. The standard InChI is InChI=1S/C7H8.2C3H7O2.Al.Na/c1-7-5-3-2-4-6-7;2*1-5-3-2-4;;/h2-6H,1H3;2*2-3H2,1H3;;/q;2*-1;+2;. The van der Waals surface area contributed by atoms with E-state index in [2.05, 4.69) is 19.1 Å². The number of rotatable bonds is 8. The minimum atomic E-state index is -0.349. The summed E-state index contributed by atoms with van der Waals surface area (Å²) in [5, 5.41) is 0. The zero-order chi connectivity index (χ0) is 13.5. The first-order valence-corrected chi connectivity index (χ1v) is 6.80. The van der Waals surface area contributed by atoms with Crippen LogP contribution in [0.2, 0.25) is 0 Å². The molecule has 4 nitrogen and oxygen atoms in total. The first kappa shape index (κ1) is 21.9. The summed E-state index contributed by atoms with van der Waals surface area (Å²) < 4.78 is 19.8. The fourth-order valence-corrected chi connectivity index (χ4v) is 1.42. The van der Waals surface area contributed by atoms with E-state index in [1.807, 2.05) is 18.2 Å². The Morgan fingerprint density at radius 2 is 1.32 bits per heavy atom. The molecule has 6 heteroatoms. The molecule has 1 rings (SSSR count). The molecular formula is C13H22AlNaO4. The number of methoxy groups -OCH3 is 2. The van der Waals surface area contributed by atoms with E-state index in [9.17, 15) is 0 Å². The smallest absolute Gasteiger partial charge is 0.482 e. The first-order chi connectivity index (χ1) is 8.81. The summed E-state index contributed by atoms with van der Waals surface area (Å²) in [4.78, 5) is 0. The van der Waals surface area contributed by atoms with E-state index >= 15 is 0 Å². The second-order valence-corrected chi connectivity index (χ2v) is 4.34. The van der Waals surface area contributed by atoms with Gasteiger partial charge in [-0.3, -0.25) is 0 Å². The van der Waals surface area contributed by atoms with Crippen molar-refractivity contribution in [3.63, 3.8) is 0 Å². The third-order valence-corrected chi connectivity index (χ3v) is 2.63. The van der Waals surface area contributed by atoms with Gasteiger partial charge in [-0.1, -0.05) is 35.9 Å². The second kappa shape index (κ2) is 18.6. The summed E-state index contributed by atoms with van der Waals surface area (Å²) >= 11 is -0.349. The van der Waals surface area contributed by atoms with Gasteiger partial charge >= 0.3 is 15.9 Å². The molecule has 0 aliphatic rings. The number of benzene rings is 1. The Balaban J connectivity index is 0. The third kappa shape index (κ3) is 18.6. The van der Waals surface area contributed by atoms with Crippen molar-refractivity contribution in [3.8, 4) is 0 Å². The number of ether oxygens (including phenoxy) is 2. The summed E-state index contributed by atoms with van der Waals surface area (Å²) in [7, 11) is 3.29. The molecule has 0 aliphatic heterocycles. The van der Waals surface area contributed by atoms with Crippen molar-refractivity contribution in [2.24, 2.45) is 0 Å². The normalized spacial score (nSPS) is 9.00. The molecule has 0 fully saturated rings. The van der Waals surface area contributed by atoms with Gasteiger partial charge in [0.2, 0.25) is 0 Å². The Bertz CT molecular complexity index is 254. The van der Waals surface area contributed by atoms with Gasteiger partial charge in [-0.25, -0.2) is 0 Å². The summed E-state index contributed by atoms with van der Waals surface area (Å²) in [5.41, 5.74) is 1.32. The van der Waals surface area contributed by atoms with Crippen LogP contribution in [0, 0.1) is 6.92 Å². The molecule has 2 radical (unpaired) electrons. The van der Waals surface area contributed by atoms with Crippen LogP contribution in [0.3, 0.4) is 0 Å². The molecule has 0 bridgehead atoms. The predicted octanol–water partition coefficient (Wildman–Crippen LogP) is 1.46. The second-order valence-electron chi connectivity index (χ2n) is 3.48. The Kier molecular flexibility index (Phi) is 21.4. The predicted molar refractivity (Wildman–Crippen MR) is 78.3 cm³/mol. The van der Waals surface area contributed by atoms with Crippen LogP contribution in [0.25, 0.3) is 0 Å². The minimum Gasteiger partial charge on any atom is -0.482 e. The van der Waals surface area contributed by atoms with Gasteiger partial charge in [-0.05, 0) is 6.92 Å². The Hall–Kier alpha value is 0.592. The van der Waals surface area contributed by atoms with E-state index < -0.39 is 0 Å². The molecule has 1 aromatic rings. The van der Waals surface area contributed by atoms with Crippen molar-refractivity contribution in [1.29, 1.82) is 0 Å². The maximum atomic E-state index is 5.10. The Labute approximate surface area is 145 Å². The molecular weight excluding hydrogens is 270 g/mol. The molecule has 0 atom stereocenters. The first-order valence-electron chi connectivity index (χ1n) is 5.85. The van der Waals surface area contributed by atoms with Gasteiger partial charge in [0.1, 0.15) is 0 Å². The summed E-state index contributed by atoms with van der Waals surface area (Å²) in [5.74, 6) is 0. The maximum absolute atomic E-state index is 5.10. The molecule has 0 N–H and O–H groups in total. The number of hydrogen-bond donors (Lipinski definition) is 0. The van der Waals surface area contributed by atoms with Gasteiger partial charge in [-0.2, -0.15) is 0 Å². The van der Waals surface area contributed by atoms with Gasteiger partial charge in [0, 0.05) is 57.0 Å². The topological polar surface area (TPSA) is 36.9 Å². The quantitative estimate of drug-likeness (QED) is 0.537. The van der Waals surface area contributed by atoms with E-state index in [1.54, 1.807) is 14.2 Å². The molecule has 0 amide bonds. The molecule has 0 unspecified atom stereocenters.